The fourth-order valence-electron chi connectivity index (χ4n) is 9.74. The first-order valence-electron chi connectivity index (χ1n) is 20.3. The largest absolute Gasteiger partial charge is 0.307 e. The lowest BCUT2D eigenvalue weighted by molar-refractivity contribution is 0.660. The van der Waals surface area contributed by atoms with Crippen LogP contribution in [0.25, 0.3) is 100 Å². The van der Waals surface area contributed by atoms with Gasteiger partial charge in [0.05, 0.1) is 33.5 Å². The molecule has 0 aliphatic heterocycles. The predicted molar refractivity (Wildman–Crippen MR) is 245 cm³/mol. The minimum Gasteiger partial charge on any atom is -0.307 e. The molecule has 0 N–H and O–H groups in total. The summed E-state index contributed by atoms with van der Waals surface area (Å²) < 4.78 is 4.96. The number of hydrogen-bond acceptors (Lipinski definition) is 2. The Morgan fingerprint density at radius 2 is 0.881 bits per heavy atom. The van der Waals surface area contributed by atoms with Crippen LogP contribution in [0.3, 0.4) is 0 Å². The number of benzene rings is 8. The van der Waals surface area contributed by atoms with Gasteiger partial charge in [-0.2, -0.15) is 0 Å². The Bertz CT molecular complexity index is 3400. The van der Waals surface area contributed by atoms with Crippen molar-refractivity contribution >= 4 is 43.6 Å². The maximum Gasteiger partial charge on any atom is 0.160 e. The van der Waals surface area contributed by atoms with E-state index in [1.807, 2.05) is 12.1 Å². The smallest absolute Gasteiger partial charge is 0.160 e. The first-order valence-corrected chi connectivity index (χ1v) is 20.3. The normalized spacial score (nSPS) is 13.1. The van der Waals surface area contributed by atoms with Crippen molar-refractivity contribution in [2.24, 2.45) is 0 Å². The van der Waals surface area contributed by atoms with Crippen LogP contribution in [0.2, 0.25) is 0 Å². The standard InChI is InChI=1S/C55H38N4/c1-55(2)46-25-12-9-22-40(46)41-29-28-39(33-47(41)55)59-51-27-14-11-24-43(51)45-31-30-44-42-23-10-13-26-50(42)58(52(44)53(45)59)38-21-15-20-37(32-38)54-56-48(35-16-5-3-6-17-35)34-49(57-54)36-18-7-4-8-19-36/h3-34H,1-2H3. The van der Waals surface area contributed by atoms with Crippen LogP contribution in [0.1, 0.15) is 25.0 Å². The van der Waals surface area contributed by atoms with Crippen molar-refractivity contribution in [2.45, 2.75) is 19.3 Å². The first-order chi connectivity index (χ1) is 29.0. The second-order valence-electron chi connectivity index (χ2n) is 16.2. The maximum atomic E-state index is 5.21. The second kappa shape index (κ2) is 12.7. The molecule has 0 saturated heterocycles. The van der Waals surface area contributed by atoms with Crippen molar-refractivity contribution in [3.63, 3.8) is 0 Å². The zero-order chi connectivity index (χ0) is 39.2. The van der Waals surface area contributed by atoms with E-state index in [2.05, 4.69) is 205 Å². The number of hydrogen-bond donors (Lipinski definition) is 0. The molecule has 59 heavy (non-hydrogen) atoms. The van der Waals surface area contributed by atoms with Crippen LogP contribution in [0.15, 0.2) is 194 Å². The predicted octanol–water partition coefficient (Wildman–Crippen LogP) is 14.0. The van der Waals surface area contributed by atoms with Crippen LogP contribution in [-0.2, 0) is 5.41 Å². The Labute approximate surface area is 342 Å². The van der Waals surface area contributed by atoms with Crippen molar-refractivity contribution in [3.8, 4) is 56.4 Å². The molecular formula is C55H38N4. The second-order valence-corrected chi connectivity index (χ2v) is 16.2. The third-order valence-corrected chi connectivity index (χ3v) is 12.5. The van der Waals surface area contributed by atoms with Gasteiger partial charge in [-0.1, -0.05) is 166 Å². The maximum absolute atomic E-state index is 5.21. The Morgan fingerprint density at radius 3 is 1.51 bits per heavy atom. The lowest BCUT2D eigenvalue weighted by atomic mass is 9.82. The van der Waals surface area contributed by atoms with Crippen molar-refractivity contribution in [1.82, 2.24) is 19.1 Å². The first kappa shape index (κ1) is 33.6. The van der Waals surface area contributed by atoms with Crippen molar-refractivity contribution in [2.75, 3.05) is 0 Å². The summed E-state index contributed by atoms with van der Waals surface area (Å²) in [5.41, 5.74) is 17.0. The summed E-state index contributed by atoms with van der Waals surface area (Å²) in [5.74, 6) is 0.689. The number of nitrogens with zero attached hydrogens (tertiary/aromatic N) is 4. The van der Waals surface area contributed by atoms with Gasteiger partial charge in [-0.3, -0.25) is 0 Å². The average molecular weight is 755 g/mol. The Morgan fingerprint density at radius 1 is 0.373 bits per heavy atom. The monoisotopic (exact) mass is 754 g/mol. The van der Waals surface area contributed by atoms with Crippen LogP contribution < -0.4 is 0 Å². The van der Waals surface area contributed by atoms with Crippen molar-refractivity contribution < 1.29 is 0 Å². The number of fused-ring (bicyclic) bond motifs is 10. The molecule has 278 valence electrons. The van der Waals surface area contributed by atoms with E-state index in [4.69, 9.17) is 9.97 Å². The molecule has 3 aromatic heterocycles. The van der Waals surface area contributed by atoms with Crippen molar-refractivity contribution in [1.29, 1.82) is 0 Å². The lowest BCUT2D eigenvalue weighted by Gasteiger charge is -2.22. The van der Waals surface area contributed by atoms with Gasteiger partial charge in [0, 0.05) is 55.0 Å². The van der Waals surface area contributed by atoms with Gasteiger partial charge in [0.15, 0.2) is 5.82 Å². The van der Waals surface area contributed by atoms with Gasteiger partial charge in [0.1, 0.15) is 0 Å². The van der Waals surface area contributed by atoms with Gasteiger partial charge >= 0.3 is 0 Å². The van der Waals surface area contributed by atoms with Gasteiger partial charge in [-0.25, -0.2) is 9.97 Å². The number of para-hydroxylation sites is 2. The highest BCUT2D eigenvalue weighted by molar-refractivity contribution is 6.23. The van der Waals surface area contributed by atoms with E-state index in [0.29, 0.717) is 5.82 Å². The van der Waals surface area contributed by atoms with E-state index in [1.54, 1.807) is 0 Å². The highest BCUT2D eigenvalue weighted by Gasteiger charge is 2.35. The average Bonchev–Trinajstić information content (AvgIpc) is 3.90. The van der Waals surface area contributed by atoms with Crippen molar-refractivity contribution in [3.05, 3.63) is 205 Å². The van der Waals surface area contributed by atoms with E-state index < -0.39 is 0 Å². The topological polar surface area (TPSA) is 35.6 Å². The molecule has 0 atom stereocenters. The molecule has 0 amide bonds. The highest BCUT2D eigenvalue weighted by atomic mass is 15.0. The molecule has 1 aliphatic rings. The van der Waals surface area contributed by atoms with E-state index in [9.17, 15) is 0 Å². The highest BCUT2D eigenvalue weighted by Crippen LogP contribution is 2.50. The molecule has 0 unspecified atom stereocenters. The molecule has 0 spiro atoms. The Hall–Kier alpha value is -7.56. The third kappa shape index (κ3) is 5.03. The molecule has 0 fully saturated rings. The molecule has 4 heteroatoms. The number of aromatic nitrogens is 4. The molecular weight excluding hydrogens is 717 g/mol. The van der Waals surface area contributed by atoms with Gasteiger partial charge in [0.25, 0.3) is 0 Å². The molecule has 3 heterocycles. The van der Waals surface area contributed by atoms with Crippen LogP contribution in [0, 0.1) is 0 Å². The van der Waals surface area contributed by atoms with E-state index in [1.165, 1.54) is 60.3 Å². The van der Waals surface area contributed by atoms with E-state index >= 15 is 0 Å². The minimum absolute atomic E-state index is 0.119. The van der Waals surface area contributed by atoms with Crippen LogP contribution >= 0.6 is 0 Å². The van der Waals surface area contributed by atoms with Crippen LogP contribution in [0.4, 0.5) is 0 Å². The zero-order valence-electron chi connectivity index (χ0n) is 32.8. The molecule has 0 bridgehead atoms. The fraction of sp³-hybridized carbons (Fsp3) is 0.0545. The Balaban J connectivity index is 1.13. The summed E-state index contributed by atoms with van der Waals surface area (Å²) in [5, 5.41) is 4.89. The quantitative estimate of drug-likeness (QED) is 0.175. The molecule has 0 radical (unpaired) electrons. The molecule has 0 saturated carbocycles. The lowest BCUT2D eigenvalue weighted by Crippen LogP contribution is -2.15. The minimum atomic E-state index is -0.119. The number of rotatable bonds is 5. The summed E-state index contributed by atoms with van der Waals surface area (Å²) in [6, 6.07) is 69.9. The van der Waals surface area contributed by atoms with Crippen LogP contribution in [-0.4, -0.2) is 19.1 Å². The summed E-state index contributed by atoms with van der Waals surface area (Å²) in [6.07, 6.45) is 0. The van der Waals surface area contributed by atoms with Gasteiger partial charge in [-0.15, -0.1) is 0 Å². The summed E-state index contributed by atoms with van der Waals surface area (Å²) >= 11 is 0. The third-order valence-electron chi connectivity index (χ3n) is 12.5. The van der Waals surface area contributed by atoms with Gasteiger partial charge in [0.2, 0.25) is 0 Å². The Kier molecular flexibility index (Phi) is 7.24. The molecule has 11 aromatic rings. The van der Waals surface area contributed by atoms with E-state index in [0.717, 1.165) is 45.0 Å². The molecule has 8 aromatic carbocycles. The zero-order valence-corrected chi connectivity index (χ0v) is 32.8. The summed E-state index contributed by atoms with van der Waals surface area (Å²) in [4.78, 5) is 10.4. The summed E-state index contributed by atoms with van der Waals surface area (Å²) in [7, 11) is 0. The van der Waals surface area contributed by atoms with E-state index in [-0.39, 0.29) is 5.41 Å². The van der Waals surface area contributed by atoms with Gasteiger partial charge < -0.3 is 9.13 Å². The van der Waals surface area contributed by atoms with Gasteiger partial charge in [-0.05, 0) is 64.7 Å². The molecule has 1 aliphatic carbocycles. The molecule has 4 nitrogen and oxygen atoms in total. The SMILES string of the molecule is CC1(C)c2ccccc2-c2ccc(-n3c4ccccc4c4ccc5c6ccccc6n(-c6cccc(-c7nc(-c8ccccc8)cc(-c8ccccc8)n7)c6)c5c43)cc21. The molecule has 12 rings (SSSR count). The fourth-order valence-corrected chi connectivity index (χ4v) is 9.74. The van der Waals surface area contributed by atoms with Crippen LogP contribution in [0.5, 0.6) is 0 Å². The summed E-state index contributed by atoms with van der Waals surface area (Å²) in [6.45, 7) is 4.72.